The summed E-state index contributed by atoms with van der Waals surface area (Å²) in [6.45, 7) is 3.74. The highest BCUT2D eigenvalue weighted by Gasteiger charge is 2.13. The van der Waals surface area contributed by atoms with Gasteiger partial charge in [0.25, 0.3) is 11.5 Å². The standard InChI is InChI=1S/C20H17N5O2/c1-12-7-8-25-17(9-12)16(11-21-25)20(27)23-15-5-3-14(4-6-15)19-22-13(2)10-18(26)24-19/h3-11H,1-2H3,(H,23,27)(H,22,24,26). The monoisotopic (exact) mass is 359 g/mol. The fraction of sp³-hybridized carbons (Fsp3) is 0.100. The Labute approximate surface area is 154 Å². The highest BCUT2D eigenvalue weighted by Crippen LogP contribution is 2.19. The Balaban J connectivity index is 1.58. The molecule has 0 fully saturated rings. The Bertz CT molecular complexity index is 1210. The van der Waals surface area contributed by atoms with Crippen molar-refractivity contribution in [3.63, 3.8) is 0 Å². The van der Waals surface area contributed by atoms with Crippen LogP contribution in [0.15, 0.2) is 59.7 Å². The number of aryl methyl sites for hydroxylation is 2. The highest BCUT2D eigenvalue weighted by atomic mass is 16.1. The third kappa shape index (κ3) is 3.35. The Hall–Kier alpha value is -3.74. The van der Waals surface area contributed by atoms with Crippen molar-refractivity contribution in [1.82, 2.24) is 19.6 Å². The maximum absolute atomic E-state index is 12.6. The number of aromatic nitrogens is 4. The smallest absolute Gasteiger partial charge is 0.259 e. The molecule has 4 rings (SSSR count). The maximum atomic E-state index is 12.6. The molecule has 134 valence electrons. The molecule has 0 saturated carbocycles. The van der Waals surface area contributed by atoms with Gasteiger partial charge in [0.05, 0.1) is 17.3 Å². The molecule has 0 aliphatic heterocycles. The van der Waals surface area contributed by atoms with E-state index in [2.05, 4.69) is 20.4 Å². The van der Waals surface area contributed by atoms with Gasteiger partial charge in [-0.15, -0.1) is 0 Å². The van der Waals surface area contributed by atoms with Crippen molar-refractivity contribution < 1.29 is 4.79 Å². The maximum Gasteiger partial charge on any atom is 0.259 e. The Morgan fingerprint density at radius 2 is 1.89 bits per heavy atom. The lowest BCUT2D eigenvalue weighted by molar-refractivity contribution is 0.102. The zero-order valence-electron chi connectivity index (χ0n) is 14.9. The van der Waals surface area contributed by atoms with Gasteiger partial charge in [0.1, 0.15) is 5.82 Å². The molecule has 4 aromatic rings. The number of nitrogens with one attached hydrogen (secondary N) is 2. The fourth-order valence-electron chi connectivity index (χ4n) is 2.89. The summed E-state index contributed by atoms with van der Waals surface area (Å²) in [6.07, 6.45) is 3.38. The summed E-state index contributed by atoms with van der Waals surface area (Å²) in [6, 6.07) is 12.4. The number of fused-ring (bicyclic) bond motifs is 1. The van der Waals surface area contributed by atoms with Crippen LogP contribution in [0.25, 0.3) is 16.9 Å². The molecule has 0 spiro atoms. The fourth-order valence-corrected chi connectivity index (χ4v) is 2.89. The van der Waals surface area contributed by atoms with Crippen LogP contribution in [0.3, 0.4) is 0 Å². The summed E-state index contributed by atoms with van der Waals surface area (Å²) in [5, 5.41) is 7.08. The molecule has 0 bridgehead atoms. The quantitative estimate of drug-likeness (QED) is 0.588. The lowest BCUT2D eigenvalue weighted by Crippen LogP contribution is -2.12. The van der Waals surface area contributed by atoms with Gasteiger partial charge in [-0.25, -0.2) is 9.50 Å². The second-order valence-electron chi connectivity index (χ2n) is 6.36. The SMILES string of the molecule is Cc1ccn2ncc(C(=O)Nc3ccc(-c4nc(C)cc(=O)[nH]4)cc3)c2c1. The summed E-state index contributed by atoms with van der Waals surface area (Å²) in [5.74, 6) is 0.265. The molecule has 7 nitrogen and oxygen atoms in total. The molecule has 0 aliphatic rings. The molecule has 27 heavy (non-hydrogen) atoms. The minimum atomic E-state index is -0.231. The number of H-pyrrole nitrogens is 1. The van der Waals surface area contributed by atoms with E-state index in [9.17, 15) is 9.59 Å². The van der Waals surface area contributed by atoms with Crippen molar-refractivity contribution in [2.75, 3.05) is 5.32 Å². The minimum absolute atomic E-state index is 0.196. The van der Waals surface area contributed by atoms with Crippen molar-refractivity contribution in [3.8, 4) is 11.4 Å². The first-order chi connectivity index (χ1) is 13.0. The van der Waals surface area contributed by atoms with Gasteiger partial charge in [-0.1, -0.05) is 0 Å². The van der Waals surface area contributed by atoms with Crippen LogP contribution in [0, 0.1) is 13.8 Å². The normalized spacial score (nSPS) is 10.9. The molecule has 1 amide bonds. The molecular formula is C20H17N5O2. The molecule has 2 N–H and O–H groups in total. The van der Waals surface area contributed by atoms with Crippen LogP contribution in [0.4, 0.5) is 5.69 Å². The first-order valence-corrected chi connectivity index (χ1v) is 8.43. The summed E-state index contributed by atoms with van der Waals surface area (Å²) in [5.41, 5.74) is 4.18. The number of carbonyl (C=O) groups excluding carboxylic acids is 1. The van der Waals surface area contributed by atoms with Crippen LogP contribution >= 0.6 is 0 Å². The number of benzene rings is 1. The first-order valence-electron chi connectivity index (χ1n) is 8.43. The molecule has 7 heteroatoms. The van der Waals surface area contributed by atoms with E-state index in [1.807, 2.05) is 25.3 Å². The van der Waals surface area contributed by atoms with Crippen LogP contribution in [-0.2, 0) is 0 Å². The van der Waals surface area contributed by atoms with Crippen molar-refractivity contribution >= 4 is 17.1 Å². The second-order valence-corrected chi connectivity index (χ2v) is 6.36. The van der Waals surface area contributed by atoms with Gasteiger partial charge in [-0.05, 0) is 55.8 Å². The number of rotatable bonds is 3. The van der Waals surface area contributed by atoms with Crippen LogP contribution in [-0.4, -0.2) is 25.5 Å². The number of carbonyl (C=O) groups is 1. The van der Waals surface area contributed by atoms with Gasteiger partial charge in [0, 0.05) is 29.2 Å². The first kappa shape index (κ1) is 16.7. The number of hydrogen-bond acceptors (Lipinski definition) is 4. The van der Waals surface area contributed by atoms with E-state index in [1.165, 1.54) is 6.07 Å². The molecule has 3 heterocycles. The number of aromatic amines is 1. The molecule has 0 radical (unpaired) electrons. The second kappa shape index (κ2) is 6.53. The Morgan fingerprint density at radius 3 is 2.63 bits per heavy atom. The highest BCUT2D eigenvalue weighted by molar-refractivity contribution is 6.08. The molecule has 3 aromatic heterocycles. The van der Waals surface area contributed by atoms with E-state index >= 15 is 0 Å². The predicted molar refractivity (Wildman–Crippen MR) is 103 cm³/mol. The van der Waals surface area contributed by atoms with Gasteiger partial charge in [0.2, 0.25) is 0 Å². The van der Waals surface area contributed by atoms with Crippen LogP contribution in [0.1, 0.15) is 21.6 Å². The van der Waals surface area contributed by atoms with Gasteiger partial charge >= 0.3 is 0 Å². The average Bonchev–Trinajstić information content (AvgIpc) is 3.04. The number of anilines is 1. The topological polar surface area (TPSA) is 92.2 Å². The Kier molecular flexibility index (Phi) is 4.04. The van der Waals surface area contributed by atoms with Crippen LogP contribution < -0.4 is 10.9 Å². The molecular weight excluding hydrogens is 342 g/mol. The van der Waals surface area contributed by atoms with Gasteiger partial charge in [-0.2, -0.15) is 5.10 Å². The van der Waals surface area contributed by atoms with E-state index in [0.717, 1.165) is 16.6 Å². The molecule has 0 saturated heterocycles. The lowest BCUT2D eigenvalue weighted by atomic mass is 10.1. The Morgan fingerprint density at radius 1 is 1.11 bits per heavy atom. The van der Waals surface area contributed by atoms with Crippen molar-refractivity contribution in [3.05, 3.63) is 82.0 Å². The molecule has 0 unspecified atom stereocenters. The molecule has 0 aliphatic carbocycles. The summed E-state index contributed by atoms with van der Waals surface area (Å²) in [7, 11) is 0. The molecule has 0 atom stereocenters. The van der Waals surface area contributed by atoms with E-state index in [1.54, 1.807) is 41.9 Å². The van der Waals surface area contributed by atoms with E-state index in [0.29, 0.717) is 22.8 Å². The minimum Gasteiger partial charge on any atom is -0.322 e. The van der Waals surface area contributed by atoms with E-state index in [4.69, 9.17) is 0 Å². The van der Waals surface area contributed by atoms with Crippen LogP contribution in [0.2, 0.25) is 0 Å². The van der Waals surface area contributed by atoms with E-state index in [-0.39, 0.29) is 11.5 Å². The predicted octanol–water partition coefficient (Wildman–Crippen LogP) is 2.95. The average molecular weight is 359 g/mol. The summed E-state index contributed by atoms with van der Waals surface area (Å²) in [4.78, 5) is 31.3. The third-order valence-electron chi connectivity index (χ3n) is 4.21. The van der Waals surface area contributed by atoms with Crippen molar-refractivity contribution in [2.45, 2.75) is 13.8 Å². The molecule has 1 aromatic carbocycles. The third-order valence-corrected chi connectivity index (χ3v) is 4.21. The van der Waals surface area contributed by atoms with Crippen LogP contribution in [0.5, 0.6) is 0 Å². The van der Waals surface area contributed by atoms with Gasteiger partial charge < -0.3 is 10.3 Å². The van der Waals surface area contributed by atoms with Crippen molar-refractivity contribution in [1.29, 1.82) is 0 Å². The van der Waals surface area contributed by atoms with E-state index < -0.39 is 0 Å². The number of pyridine rings is 1. The summed E-state index contributed by atoms with van der Waals surface area (Å²) < 4.78 is 1.67. The largest absolute Gasteiger partial charge is 0.322 e. The van der Waals surface area contributed by atoms with Crippen molar-refractivity contribution in [2.24, 2.45) is 0 Å². The lowest BCUT2D eigenvalue weighted by Gasteiger charge is -2.06. The summed E-state index contributed by atoms with van der Waals surface area (Å²) >= 11 is 0. The van der Waals surface area contributed by atoms with Gasteiger partial charge in [-0.3, -0.25) is 9.59 Å². The van der Waals surface area contributed by atoms with Gasteiger partial charge in [0.15, 0.2) is 0 Å². The zero-order chi connectivity index (χ0) is 19.0. The number of hydrogen-bond donors (Lipinski definition) is 2. The number of nitrogens with zero attached hydrogens (tertiary/aromatic N) is 3. The number of amides is 1. The zero-order valence-corrected chi connectivity index (χ0v) is 14.9.